The second kappa shape index (κ2) is 12.2. The Bertz CT molecular complexity index is 607. The van der Waals surface area contributed by atoms with Crippen LogP contribution in [0.4, 0.5) is 8.78 Å². The molecule has 4 heteroatoms. The van der Waals surface area contributed by atoms with Gasteiger partial charge in [0.25, 0.3) is 0 Å². The van der Waals surface area contributed by atoms with Crippen molar-refractivity contribution in [2.75, 3.05) is 0 Å². The molecule has 0 N–H and O–H groups in total. The standard InChI is InChI=1S/C24H36F2O2/c1-3-5-7-9-10-18-12-14-20(15-13-18)24(27)28-21-17-16-19(11-8-6-4-2)22(25)23(21)26/h16-18,20H,3-15H2,1-2H3. The predicted octanol–water partition coefficient (Wildman–Crippen LogP) is 7.38. The number of carbonyl (C=O) groups excluding carboxylic acids is 1. The summed E-state index contributed by atoms with van der Waals surface area (Å²) in [5.74, 6) is -2.11. The summed E-state index contributed by atoms with van der Waals surface area (Å²) in [6.07, 6.45) is 13.3. The molecule has 1 saturated carbocycles. The molecule has 1 aliphatic carbocycles. The maximum absolute atomic E-state index is 14.3. The van der Waals surface area contributed by atoms with Crippen molar-refractivity contribution in [2.24, 2.45) is 11.8 Å². The van der Waals surface area contributed by atoms with Gasteiger partial charge in [0.2, 0.25) is 5.82 Å². The Kier molecular flexibility index (Phi) is 9.94. The van der Waals surface area contributed by atoms with E-state index in [4.69, 9.17) is 4.74 Å². The van der Waals surface area contributed by atoms with Crippen molar-refractivity contribution in [1.82, 2.24) is 0 Å². The molecule has 28 heavy (non-hydrogen) atoms. The molecule has 0 amide bonds. The summed E-state index contributed by atoms with van der Waals surface area (Å²) in [5.41, 5.74) is 0.356. The molecule has 0 saturated heterocycles. The minimum absolute atomic E-state index is 0.196. The van der Waals surface area contributed by atoms with Crippen molar-refractivity contribution in [3.05, 3.63) is 29.3 Å². The lowest BCUT2D eigenvalue weighted by Gasteiger charge is -2.27. The summed E-state index contributed by atoms with van der Waals surface area (Å²) in [4.78, 5) is 12.4. The van der Waals surface area contributed by atoms with Crippen LogP contribution in [0.5, 0.6) is 5.75 Å². The first kappa shape index (κ1) is 22.8. The number of hydrogen-bond donors (Lipinski definition) is 0. The Morgan fingerprint density at radius 2 is 1.61 bits per heavy atom. The van der Waals surface area contributed by atoms with E-state index in [0.717, 1.165) is 44.9 Å². The second-order valence-corrected chi connectivity index (χ2v) is 8.30. The van der Waals surface area contributed by atoms with Gasteiger partial charge in [-0.05, 0) is 56.1 Å². The van der Waals surface area contributed by atoms with E-state index in [-0.39, 0.29) is 11.7 Å². The topological polar surface area (TPSA) is 26.3 Å². The van der Waals surface area contributed by atoms with Crippen molar-refractivity contribution in [3.63, 3.8) is 0 Å². The van der Waals surface area contributed by atoms with Crippen LogP contribution >= 0.6 is 0 Å². The molecule has 0 heterocycles. The average Bonchev–Trinajstić information content (AvgIpc) is 2.71. The number of esters is 1. The van der Waals surface area contributed by atoms with Crippen LogP contribution in [0.2, 0.25) is 0 Å². The molecule has 0 radical (unpaired) electrons. The Morgan fingerprint density at radius 1 is 0.929 bits per heavy atom. The summed E-state index contributed by atoms with van der Waals surface area (Å²) in [6.45, 7) is 4.28. The highest BCUT2D eigenvalue weighted by molar-refractivity contribution is 5.75. The summed E-state index contributed by atoms with van der Waals surface area (Å²) < 4.78 is 33.8. The molecule has 0 spiro atoms. The molecular formula is C24H36F2O2. The van der Waals surface area contributed by atoms with Crippen LogP contribution in [0.3, 0.4) is 0 Å². The third-order valence-corrected chi connectivity index (χ3v) is 6.03. The quantitative estimate of drug-likeness (QED) is 0.222. The summed E-state index contributed by atoms with van der Waals surface area (Å²) in [7, 11) is 0. The maximum atomic E-state index is 14.3. The third-order valence-electron chi connectivity index (χ3n) is 6.03. The summed E-state index contributed by atoms with van der Waals surface area (Å²) in [6, 6.07) is 2.95. The Balaban J connectivity index is 1.82. The molecule has 0 atom stereocenters. The third kappa shape index (κ3) is 6.86. The van der Waals surface area contributed by atoms with Crippen molar-refractivity contribution in [2.45, 2.75) is 97.3 Å². The summed E-state index contributed by atoms with van der Waals surface area (Å²) in [5, 5.41) is 0. The monoisotopic (exact) mass is 394 g/mol. The second-order valence-electron chi connectivity index (χ2n) is 8.30. The SMILES string of the molecule is CCCCCCC1CCC(C(=O)Oc2ccc(CCCCC)c(F)c2F)CC1. The molecule has 158 valence electrons. The zero-order chi connectivity index (χ0) is 20.4. The van der Waals surface area contributed by atoms with Crippen molar-refractivity contribution >= 4 is 5.97 Å². The minimum Gasteiger partial charge on any atom is -0.423 e. The van der Waals surface area contributed by atoms with E-state index < -0.39 is 17.6 Å². The van der Waals surface area contributed by atoms with E-state index in [0.29, 0.717) is 17.9 Å². The average molecular weight is 395 g/mol. The summed E-state index contributed by atoms with van der Waals surface area (Å²) >= 11 is 0. The van der Waals surface area contributed by atoms with Crippen LogP contribution in [0, 0.1) is 23.5 Å². The van der Waals surface area contributed by atoms with E-state index in [2.05, 4.69) is 13.8 Å². The smallest absolute Gasteiger partial charge is 0.314 e. The van der Waals surface area contributed by atoms with E-state index in [1.54, 1.807) is 6.07 Å². The van der Waals surface area contributed by atoms with E-state index >= 15 is 0 Å². The number of unbranched alkanes of at least 4 members (excludes halogenated alkanes) is 5. The Hall–Kier alpha value is -1.45. The highest BCUT2D eigenvalue weighted by atomic mass is 19.2. The van der Waals surface area contributed by atoms with Gasteiger partial charge in [0.1, 0.15) is 0 Å². The lowest BCUT2D eigenvalue weighted by molar-refractivity contribution is -0.140. The molecule has 1 fully saturated rings. The molecular weight excluding hydrogens is 358 g/mol. The lowest BCUT2D eigenvalue weighted by Crippen LogP contribution is -2.26. The zero-order valence-corrected chi connectivity index (χ0v) is 17.6. The predicted molar refractivity (Wildman–Crippen MR) is 109 cm³/mol. The largest absolute Gasteiger partial charge is 0.423 e. The molecule has 1 aliphatic rings. The molecule has 1 aromatic rings. The molecule has 2 rings (SSSR count). The zero-order valence-electron chi connectivity index (χ0n) is 17.6. The van der Waals surface area contributed by atoms with Crippen LogP contribution < -0.4 is 4.74 Å². The van der Waals surface area contributed by atoms with Crippen molar-refractivity contribution in [1.29, 1.82) is 0 Å². The van der Waals surface area contributed by atoms with E-state index in [9.17, 15) is 13.6 Å². The van der Waals surface area contributed by atoms with Gasteiger partial charge in [-0.1, -0.05) is 64.9 Å². The number of benzene rings is 1. The van der Waals surface area contributed by atoms with Gasteiger partial charge >= 0.3 is 5.97 Å². The highest BCUT2D eigenvalue weighted by Crippen LogP contribution is 2.33. The molecule has 1 aromatic carbocycles. The molecule has 0 aromatic heterocycles. The maximum Gasteiger partial charge on any atom is 0.314 e. The van der Waals surface area contributed by atoms with Gasteiger partial charge in [0, 0.05) is 0 Å². The number of halogens is 2. The molecule has 0 aliphatic heterocycles. The first-order valence-corrected chi connectivity index (χ1v) is 11.2. The molecule has 2 nitrogen and oxygen atoms in total. The van der Waals surface area contributed by atoms with Crippen LogP contribution in [0.15, 0.2) is 12.1 Å². The number of carbonyl (C=O) groups is 1. The minimum atomic E-state index is -1.04. The van der Waals surface area contributed by atoms with Gasteiger partial charge in [0.15, 0.2) is 11.6 Å². The fourth-order valence-electron chi connectivity index (χ4n) is 4.15. The van der Waals surface area contributed by atoms with Gasteiger partial charge in [-0.3, -0.25) is 4.79 Å². The van der Waals surface area contributed by atoms with Gasteiger partial charge in [-0.2, -0.15) is 4.39 Å². The Morgan fingerprint density at radius 3 is 2.29 bits per heavy atom. The fraction of sp³-hybridized carbons (Fsp3) is 0.708. The fourth-order valence-corrected chi connectivity index (χ4v) is 4.15. The first-order valence-electron chi connectivity index (χ1n) is 11.2. The van der Waals surface area contributed by atoms with Crippen LogP contribution in [0.25, 0.3) is 0 Å². The van der Waals surface area contributed by atoms with Crippen molar-refractivity contribution < 1.29 is 18.3 Å². The van der Waals surface area contributed by atoms with Crippen molar-refractivity contribution in [3.8, 4) is 5.75 Å². The van der Waals surface area contributed by atoms with E-state index in [1.165, 1.54) is 38.2 Å². The Labute approximate surface area is 169 Å². The van der Waals surface area contributed by atoms with Gasteiger partial charge in [0.05, 0.1) is 5.92 Å². The first-order chi connectivity index (χ1) is 13.6. The van der Waals surface area contributed by atoms with Crippen LogP contribution in [-0.2, 0) is 11.2 Å². The van der Waals surface area contributed by atoms with E-state index in [1.807, 2.05) is 0 Å². The number of rotatable bonds is 11. The van der Waals surface area contributed by atoms with Gasteiger partial charge in [-0.15, -0.1) is 0 Å². The van der Waals surface area contributed by atoms with Crippen LogP contribution in [0.1, 0.15) is 96.5 Å². The number of ether oxygens (including phenoxy) is 1. The van der Waals surface area contributed by atoms with Gasteiger partial charge < -0.3 is 4.74 Å². The number of aryl methyl sites for hydroxylation is 1. The van der Waals surface area contributed by atoms with Crippen LogP contribution in [-0.4, -0.2) is 5.97 Å². The molecule has 0 unspecified atom stereocenters. The molecule has 0 bridgehead atoms. The van der Waals surface area contributed by atoms with Gasteiger partial charge in [-0.25, -0.2) is 4.39 Å². The lowest BCUT2D eigenvalue weighted by atomic mass is 9.80. The number of hydrogen-bond acceptors (Lipinski definition) is 2. The highest BCUT2D eigenvalue weighted by Gasteiger charge is 2.28. The normalized spacial score (nSPS) is 19.6.